The summed E-state index contributed by atoms with van der Waals surface area (Å²) in [6, 6.07) is 11.1. The predicted molar refractivity (Wildman–Crippen MR) is 72.7 cm³/mol. The smallest absolute Gasteiger partial charge is 0.126 e. The molecule has 0 aliphatic carbocycles. The molecule has 104 valence electrons. The first-order valence-electron chi connectivity index (χ1n) is 6.55. The maximum Gasteiger partial charge on any atom is 0.126 e. The number of nitrogens with one attached hydrogen (secondary N) is 1. The van der Waals surface area contributed by atoms with E-state index in [1.807, 2.05) is 24.3 Å². The first-order valence-corrected chi connectivity index (χ1v) is 6.55. The average molecular weight is 275 g/mol. The van der Waals surface area contributed by atoms with Gasteiger partial charge in [-0.2, -0.15) is 0 Å². The van der Waals surface area contributed by atoms with Crippen LogP contribution in [0.15, 0.2) is 42.5 Å². The summed E-state index contributed by atoms with van der Waals surface area (Å²) in [5.41, 5.74) is 1.68. The zero-order valence-electron chi connectivity index (χ0n) is 11.1. The van der Waals surface area contributed by atoms with Crippen LogP contribution in [0, 0.1) is 11.6 Å². The molecule has 0 aromatic heterocycles. The van der Waals surface area contributed by atoms with E-state index in [0.29, 0.717) is 5.56 Å². The Labute approximate surface area is 116 Å². The lowest BCUT2D eigenvalue weighted by atomic mass is 9.97. The van der Waals surface area contributed by atoms with Gasteiger partial charge in [0.1, 0.15) is 23.5 Å². The van der Waals surface area contributed by atoms with Gasteiger partial charge in [-0.1, -0.05) is 18.2 Å². The van der Waals surface area contributed by atoms with Gasteiger partial charge in [0.05, 0.1) is 6.04 Å². The molecular weight excluding hydrogens is 260 g/mol. The number of halogens is 2. The Balaban J connectivity index is 1.88. The van der Waals surface area contributed by atoms with Crippen LogP contribution in [0.25, 0.3) is 0 Å². The third kappa shape index (κ3) is 2.39. The molecule has 0 spiro atoms. The van der Waals surface area contributed by atoms with Crippen LogP contribution in [0.1, 0.15) is 17.2 Å². The average Bonchev–Trinajstić information content (AvgIpc) is 2.81. The number of likely N-dealkylation sites (N-methyl/N-ethyl adjacent to an activating group) is 1. The summed E-state index contributed by atoms with van der Waals surface area (Å²) in [5, 5.41) is 3.09. The Morgan fingerprint density at radius 2 is 1.85 bits per heavy atom. The van der Waals surface area contributed by atoms with Crippen molar-refractivity contribution in [3.8, 4) is 5.75 Å². The standard InChI is InChI=1S/C16H15F2NO/c1-19-16(11-6-12(17)9-13(18)7-11)15-8-10-4-2-3-5-14(10)20-15/h2-7,9,15-16,19H,8H2,1H3. The van der Waals surface area contributed by atoms with Crippen molar-refractivity contribution in [1.29, 1.82) is 0 Å². The fraction of sp³-hybridized carbons (Fsp3) is 0.250. The van der Waals surface area contributed by atoms with Gasteiger partial charge in [0.15, 0.2) is 0 Å². The van der Waals surface area contributed by atoms with E-state index in [4.69, 9.17) is 4.74 Å². The Kier molecular flexibility index (Phi) is 3.40. The van der Waals surface area contributed by atoms with Crippen molar-refractivity contribution in [1.82, 2.24) is 5.32 Å². The van der Waals surface area contributed by atoms with Gasteiger partial charge in [-0.15, -0.1) is 0 Å². The molecule has 0 fully saturated rings. The van der Waals surface area contributed by atoms with Crippen LogP contribution in [0.3, 0.4) is 0 Å². The Hall–Kier alpha value is -1.94. The second-order valence-corrected chi connectivity index (χ2v) is 4.94. The van der Waals surface area contributed by atoms with Crippen molar-refractivity contribution in [3.63, 3.8) is 0 Å². The van der Waals surface area contributed by atoms with Crippen molar-refractivity contribution < 1.29 is 13.5 Å². The Morgan fingerprint density at radius 1 is 1.15 bits per heavy atom. The summed E-state index contributed by atoms with van der Waals surface area (Å²) in [6.45, 7) is 0. The van der Waals surface area contributed by atoms with E-state index >= 15 is 0 Å². The maximum atomic E-state index is 13.4. The van der Waals surface area contributed by atoms with Crippen LogP contribution < -0.4 is 10.1 Å². The van der Waals surface area contributed by atoms with Gasteiger partial charge in [0.2, 0.25) is 0 Å². The van der Waals surface area contributed by atoms with Gasteiger partial charge < -0.3 is 10.1 Å². The number of benzene rings is 2. The molecule has 2 unspecified atom stereocenters. The quantitative estimate of drug-likeness (QED) is 0.928. The second-order valence-electron chi connectivity index (χ2n) is 4.94. The zero-order chi connectivity index (χ0) is 14.1. The number of hydrogen-bond donors (Lipinski definition) is 1. The van der Waals surface area contributed by atoms with E-state index < -0.39 is 11.6 Å². The molecule has 2 aromatic rings. The van der Waals surface area contributed by atoms with Crippen molar-refractivity contribution in [2.45, 2.75) is 18.6 Å². The Bertz CT molecular complexity index is 584. The van der Waals surface area contributed by atoms with Crippen molar-refractivity contribution in [2.75, 3.05) is 7.05 Å². The lowest BCUT2D eigenvalue weighted by molar-refractivity contribution is 0.183. The van der Waals surface area contributed by atoms with Crippen LogP contribution in [0.5, 0.6) is 5.75 Å². The molecule has 1 heterocycles. The maximum absolute atomic E-state index is 13.4. The highest BCUT2D eigenvalue weighted by Gasteiger charge is 2.30. The third-order valence-corrected chi connectivity index (χ3v) is 3.60. The number of hydrogen-bond acceptors (Lipinski definition) is 2. The number of ether oxygens (including phenoxy) is 1. The summed E-state index contributed by atoms with van der Waals surface area (Å²) < 4.78 is 32.6. The van der Waals surface area contributed by atoms with Crippen LogP contribution in [-0.4, -0.2) is 13.2 Å². The van der Waals surface area contributed by atoms with E-state index in [-0.39, 0.29) is 12.1 Å². The monoisotopic (exact) mass is 275 g/mol. The van der Waals surface area contributed by atoms with Gasteiger partial charge in [-0.25, -0.2) is 8.78 Å². The van der Waals surface area contributed by atoms with Gasteiger partial charge in [-0.05, 0) is 36.4 Å². The fourth-order valence-corrected chi connectivity index (χ4v) is 2.72. The van der Waals surface area contributed by atoms with E-state index in [2.05, 4.69) is 5.32 Å². The molecule has 2 atom stereocenters. The minimum atomic E-state index is -0.573. The molecule has 2 aromatic carbocycles. The molecule has 2 nitrogen and oxygen atoms in total. The molecule has 0 saturated heterocycles. The number of rotatable bonds is 3. The van der Waals surface area contributed by atoms with E-state index in [0.717, 1.165) is 23.8 Å². The zero-order valence-corrected chi connectivity index (χ0v) is 11.1. The lowest BCUT2D eigenvalue weighted by Gasteiger charge is -2.23. The van der Waals surface area contributed by atoms with Gasteiger partial charge in [-0.3, -0.25) is 0 Å². The van der Waals surface area contributed by atoms with Crippen LogP contribution in [0.4, 0.5) is 8.78 Å². The molecule has 3 rings (SSSR count). The molecule has 1 aliphatic rings. The highest BCUT2D eigenvalue weighted by Crippen LogP contribution is 2.34. The summed E-state index contributed by atoms with van der Waals surface area (Å²) in [6.07, 6.45) is 0.554. The molecule has 1 N–H and O–H groups in total. The highest BCUT2D eigenvalue weighted by molar-refractivity contribution is 5.38. The largest absolute Gasteiger partial charge is 0.488 e. The topological polar surface area (TPSA) is 21.3 Å². The summed E-state index contributed by atoms with van der Waals surface area (Å²) in [5.74, 6) is -0.304. The third-order valence-electron chi connectivity index (χ3n) is 3.60. The first kappa shape index (κ1) is 13.1. The highest BCUT2D eigenvalue weighted by atomic mass is 19.1. The minimum absolute atomic E-state index is 0.168. The van der Waals surface area contributed by atoms with Gasteiger partial charge >= 0.3 is 0 Å². The first-order chi connectivity index (χ1) is 9.67. The molecule has 1 aliphatic heterocycles. The second kappa shape index (κ2) is 5.21. The summed E-state index contributed by atoms with van der Waals surface area (Å²) in [4.78, 5) is 0. The van der Waals surface area contributed by atoms with E-state index in [1.54, 1.807) is 7.05 Å². The summed E-state index contributed by atoms with van der Waals surface area (Å²) in [7, 11) is 1.76. The lowest BCUT2D eigenvalue weighted by Crippen LogP contribution is -2.32. The Morgan fingerprint density at radius 3 is 2.50 bits per heavy atom. The van der Waals surface area contributed by atoms with Crippen molar-refractivity contribution in [2.24, 2.45) is 0 Å². The molecule has 4 heteroatoms. The SMILES string of the molecule is CNC(c1cc(F)cc(F)c1)C1Cc2ccccc2O1. The van der Waals surface area contributed by atoms with Gasteiger partial charge in [0, 0.05) is 12.5 Å². The van der Waals surface area contributed by atoms with Crippen molar-refractivity contribution in [3.05, 3.63) is 65.2 Å². The van der Waals surface area contributed by atoms with Crippen LogP contribution in [0.2, 0.25) is 0 Å². The number of fused-ring (bicyclic) bond motifs is 1. The van der Waals surface area contributed by atoms with E-state index in [9.17, 15) is 8.78 Å². The molecule has 0 saturated carbocycles. The van der Waals surface area contributed by atoms with Gasteiger partial charge in [0.25, 0.3) is 0 Å². The van der Waals surface area contributed by atoms with Crippen LogP contribution in [-0.2, 0) is 6.42 Å². The normalized spacial score (nSPS) is 18.4. The molecule has 0 amide bonds. The molecule has 20 heavy (non-hydrogen) atoms. The summed E-state index contributed by atoms with van der Waals surface area (Å²) >= 11 is 0. The van der Waals surface area contributed by atoms with E-state index in [1.165, 1.54) is 12.1 Å². The molecule has 0 radical (unpaired) electrons. The van der Waals surface area contributed by atoms with Crippen molar-refractivity contribution >= 4 is 0 Å². The van der Waals surface area contributed by atoms with Crippen LogP contribution >= 0.6 is 0 Å². The fourth-order valence-electron chi connectivity index (χ4n) is 2.72. The number of para-hydroxylation sites is 1. The molecular formula is C16H15F2NO. The predicted octanol–water partition coefficient (Wildman–Crippen LogP) is 3.23. The molecule has 0 bridgehead atoms. The minimum Gasteiger partial charge on any atom is -0.488 e.